The number of benzene rings is 3. The Morgan fingerprint density at radius 2 is 1.80 bits per heavy atom. The highest BCUT2D eigenvalue weighted by Gasteiger charge is 2.61. The van der Waals surface area contributed by atoms with Crippen molar-refractivity contribution >= 4 is 40.8 Å². The largest absolute Gasteiger partial charge is 0.469 e. The van der Waals surface area contributed by atoms with E-state index in [2.05, 4.69) is 21.4 Å². The van der Waals surface area contributed by atoms with Crippen molar-refractivity contribution in [1.29, 1.82) is 5.26 Å². The van der Waals surface area contributed by atoms with Gasteiger partial charge in [0.1, 0.15) is 17.0 Å². The molecule has 0 bridgehead atoms. The van der Waals surface area contributed by atoms with Crippen LogP contribution in [-0.2, 0) is 26.2 Å². The van der Waals surface area contributed by atoms with Crippen molar-refractivity contribution in [3.8, 4) is 6.07 Å². The normalized spacial score (nSPS) is 21.5. The minimum Gasteiger partial charge on any atom is -0.469 e. The molecule has 4 atom stereocenters. The van der Waals surface area contributed by atoms with Crippen molar-refractivity contribution in [1.82, 2.24) is 5.32 Å². The first-order chi connectivity index (χ1) is 20.8. The van der Waals surface area contributed by atoms with Gasteiger partial charge < -0.3 is 15.4 Å². The average Bonchev–Trinajstić information content (AvgIpc) is 3.28. The van der Waals surface area contributed by atoms with Crippen LogP contribution < -0.4 is 10.6 Å². The third-order valence-electron chi connectivity index (χ3n) is 8.03. The average molecular weight is 643 g/mol. The summed E-state index contributed by atoms with van der Waals surface area (Å²) in [7, 11) is 1.35. The molecule has 0 radical (unpaired) electrons. The van der Waals surface area contributed by atoms with Crippen LogP contribution in [0.4, 0.5) is 14.5 Å². The van der Waals surface area contributed by atoms with Crippen LogP contribution in [0.15, 0.2) is 60.7 Å². The first-order valence-corrected chi connectivity index (χ1v) is 15.1. The lowest BCUT2D eigenvalue weighted by Gasteiger charge is -2.37. The molecule has 1 fully saturated rings. The van der Waals surface area contributed by atoms with E-state index in [1.165, 1.54) is 31.4 Å². The van der Waals surface area contributed by atoms with Crippen molar-refractivity contribution in [2.75, 3.05) is 12.4 Å². The molecule has 4 rings (SSSR count). The van der Waals surface area contributed by atoms with Gasteiger partial charge in [-0.25, -0.2) is 8.78 Å². The SMILES string of the molecule is COC(=O)CCCc1ccc(NC(=O)[C@@H]2N[C@@H](CC(C)(C)C)[C@](C#N)(c3ccc(Cl)cc3F)[C@H]2c2cccc(Cl)c2F)cc1. The molecule has 1 heterocycles. The van der Waals surface area contributed by atoms with Crippen LogP contribution in [-0.4, -0.2) is 31.1 Å². The van der Waals surface area contributed by atoms with Crippen molar-refractivity contribution < 1.29 is 23.1 Å². The number of aryl methyl sites for hydroxylation is 1. The van der Waals surface area contributed by atoms with E-state index in [-0.39, 0.29) is 32.6 Å². The van der Waals surface area contributed by atoms with Crippen molar-refractivity contribution in [2.45, 2.75) is 69.9 Å². The smallest absolute Gasteiger partial charge is 0.305 e. The number of nitriles is 1. The predicted octanol–water partition coefficient (Wildman–Crippen LogP) is 7.73. The van der Waals surface area contributed by atoms with Gasteiger partial charge in [-0.05, 0) is 66.1 Å². The zero-order valence-electron chi connectivity index (χ0n) is 25.0. The highest BCUT2D eigenvalue weighted by atomic mass is 35.5. The second-order valence-electron chi connectivity index (χ2n) is 12.3. The fourth-order valence-electron chi connectivity index (χ4n) is 6.07. The van der Waals surface area contributed by atoms with E-state index in [0.29, 0.717) is 31.4 Å². The molecule has 1 saturated heterocycles. The maximum Gasteiger partial charge on any atom is 0.305 e. The van der Waals surface area contributed by atoms with Crippen LogP contribution >= 0.6 is 23.2 Å². The number of methoxy groups -OCH3 is 1. The highest BCUT2D eigenvalue weighted by Crippen LogP contribution is 2.52. The molecule has 6 nitrogen and oxygen atoms in total. The number of nitrogens with zero attached hydrogens (tertiary/aromatic N) is 1. The topological polar surface area (TPSA) is 91.2 Å². The molecule has 0 aliphatic carbocycles. The summed E-state index contributed by atoms with van der Waals surface area (Å²) in [6.45, 7) is 5.93. The lowest BCUT2D eigenvalue weighted by atomic mass is 9.62. The van der Waals surface area contributed by atoms with Gasteiger partial charge in [-0.15, -0.1) is 0 Å². The minimum absolute atomic E-state index is 0.0159. The van der Waals surface area contributed by atoms with E-state index < -0.39 is 41.0 Å². The lowest BCUT2D eigenvalue weighted by Crippen LogP contribution is -2.45. The number of halogens is 4. The molecule has 1 aliphatic rings. The van der Waals surface area contributed by atoms with Crippen LogP contribution in [0.3, 0.4) is 0 Å². The van der Waals surface area contributed by atoms with Gasteiger partial charge >= 0.3 is 5.97 Å². The summed E-state index contributed by atoms with van der Waals surface area (Å²) in [5, 5.41) is 17.1. The summed E-state index contributed by atoms with van der Waals surface area (Å²) < 4.78 is 36.3. The van der Waals surface area contributed by atoms with Crippen LogP contribution in [0.5, 0.6) is 0 Å². The Kier molecular flexibility index (Phi) is 10.3. The van der Waals surface area contributed by atoms with Gasteiger partial charge in [-0.3, -0.25) is 9.59 Å². The first kappa shape index (κ1) is 33.4. The summed E-state index contributed by atoms with van der Waals surface area (Å²) in [4.78, 5) is 25.5. The van der Waals surface area contributed by atoms with Crippen LogP contribution in [0.25, 0.3) is 0 Å². The molecule has 0 aromatic heterocycles. The lowest BCUT2D eigenvalue weighted by molar-refractivity contribution is -0.140. The van der Waals surface area contributed by atoms with Gasteiger partial charge in [0, 0.05) is 34.7 Å². The fourth-order valence-corrected chi connectivity index (χ4v) is 6.41. The van der Waals surface area contributed by atoms with Gasteiger partial charge in [0.15, 0.2) is 0 Å². The molecule has 0 saturated carbocycles. The highest BCUT2D eigenvalue weighted by molar-refractivity contribution is 6.31. The number of hydrogen-bond acceptors (Lipinski definition) is 5. The van der Waals surface area contributed by atoms with E-state index in [1.807, 2.05) is 32.9 Å². The maximum absolute atomic E-state index is 15.8. The number of amides is 1. The summed E-state index contributed by atoms with van der Waals surface area (Å²) >= 11 is 12.3. The number of hydrogen-bond donors (Lipinski definition) is 2. The number of carbonyl (C=O) groups excluding carboxylic acids is 2. The van der Waals surface area contributed by atoms with Crippen molar-refractivity contribution in [3.63, 3.8) is 0 Å². The molecule has 232 valence electrons. The number of carbonyl (C=O) groups is 2. The molecule has 1 aliphatic heterocycles. The third-order valence-corrected chi connectivity index (χ3v) is 8.55. The first-order valence-electron chi connectivity index (χ1n) is 14.3. The van der Waals surface area contributed by atoms with Crippen LogP contribution in [0.1, 0.15) is 62.6 Å². The van der Waals surface area contributed by atoms with Crippen LogP contribution in [0.2, 0.25) is 10.0 Å². The number of rotatable bonds is 9. The van der Waals surface area contributed by atoms with Gasteiger partial charge in [0.05, 0.1) is 24.2 Å². The Morgan fingerprint density at radius 3 is 2.41 bits per heavy atom. The Morgan fingerprint density at radius 1 is 1.09 bits per heavy atom. The van der Waals surface area contributed by atoms with Gasteiger partial charge in [-0.2, -0.15) is 5.26 Å². The molecule has 2 N–H and O–H groups in total. The van der Waals surface area contributed by atoms with Gasteiger partial charge in [0.2, 0.25) is 5.91 Å². The zero-order valence-corrected chi connectivity index (χ0v) is 26.5. The Bertz CT molecular complexity index is 1570. The second-order valence-corrected chi connectivity index (χ2v) is 13.1. The molecule has 1 amide bonds. The Labute approximate surface area is 266 Å². The van der Waals surface area contributed by atoms with Crippen molar-refractivity contribution in [2.24, 2.45) is 5.41 Å². The molecular formula is C34H35Cl2F2N3O3. The zero-order chi connectivity index (χ0) is 32.2. The summed E-state index contributed by atoms with van der Waals surface area (Å²) in [6, 6.07) is 16.1. The molecule has 10 heteroatoms. The van der Waals surface area contributed by atoms with E-state index in [9.17, 15) is 14.9 Å². The summed E-state index contributed by atoms with van der Waals surface area (Å²) in [5.74, 6) is -3.46. The molecule has 0 spiro atoms. The van der Waals surface area contributed by atoms with Crippen LogP contribution in [0, 0.1) is 28.4 Å². The number of anilines is 1. The molecule has 44 heavy (non-hydrogen) atoms. The second kappa shape index (κ2) is 13.6. The van der Waals surface area contributed by atoms with E-state index >= 15 is 8.78 Å². The van der Waals surface area contributed by atoms with E-state index in [1.54, 1.807) is 18.2 Å². The molecular weight excluding hydrogens is 607 g/mol. The molecule has 3 aromatic carbocycles. The van der Waals surface area contributed by atoms with Gasteiger partial charge in [0.25, 0.3) is 0 Å². The maximum atomic E-state index is 15.8. The van der Waals surface area contributed by atoms with E-state index in [0.717, 1.165) is 11.6 Å². The third kappa shape index (κ3) is 7.07. The summed E-state index contributed by atoms with van der Waals surface area (Å²) in [5.41, 5.74) is -0.565. The Balaban J connectivity index is 1.77. The Hall–Kier alpha value is -3.51. The molecule has 0 unspecified atom stereocenters. The quantitative estimate of drug-likeness (QED) is 0.233. The standard InChI is InChI=1S/C34H35Cl2F2N3O3/c1-33(2,3)18-27-34(19-39,24-16-13-21(35)17-26(24)37)29(23-8-6-9-25(36)30(23)38)31(41-27)32(43)40-22-14-11-20(12-15-22)7-5-10-28(42)44-4/h6,8-9,11-17,27,29,31,41H,5,7,10,18H2,1-4H3,(H,40,43)/t27-,29-,31+,34-/m0/s1. The fraction of sp³-hybridized carbons (Fsp3) is 0.382. The minimum atomic E-state index is -1.71. The van der Waals surface area contributed by atoms with E-state index in [4.69, 9.17) is 23.2 Å². The number of esters is 1. The number of nitrogens with one attached hydrogen (secondary N) is 2. The number of ether oxygens (including phenoxy) is 1. The molecule has 3 aromatic rings. The van der Waals surface area contributed by atoms with Gasteiger partial charge in [-0.1, -0.05) is 74.3 Å². The monoisotopic (exact) mass is 641 g/mol. The predicted molar refractivity (Wildman–Crippen MR) is 168 cm³/mol. The van der Waals surface area contributed by atoms with Crippen molar-refractivity contribution in [3.05, 3.63) is 99.0 Å². The summed E-state index contributed by atoms with van der Waals surface area (Å²) in [6.07, 6.45) is 1.93.